The number of rotatable bonds is 4. The Bertz CT molecular complexity index is 699. The molecule has 0 atom stereocenters. The van der Waals surface area contributed by atoms with Gasteiger partial charge in [-0.3, -0.25) is 0 Å². The minimum absolute atomic E-state index is 0.154. The number of hydrogen-bond donors (Lipinski definition) is 1. The van der Waals surface area contributed by atoms with Crippen LogP contribution in [-0.4, -0.2) is 29.9 Å². The fourth-order valence-corrected chi connectivity index (χ4v) is 1.84. The van der Waals surface area contributed by atoms with Crippen molar-refractivity contribution in [1.82, 2.24) is 29.9 Å². The molecule has 1 aromatic carbocycles. The van der Waals surface area contributed by atoms with Crippen LogP contribution < -0.4 is 5.32 Å². The molecule has 0 bridgehead atoms. The molecule has 3 rings (SSSR count). The Kier molecular flexibility index (Phi) is 3.51. The third kappa shape index (κ3) is 3.07. The number of benzene rings is 1. The van der Waals surface area contributed by atoms with E-state index in [9.17, 15) is 0 Å². The van der Waals surface area contributed by atoms with E-state index in [1.54, 1.807) is 10.9 Å². The van der Waals surface area contributed by atoms with Gasteiger partial charge in [-0.1, -0.05) is 17.3 Å². The van der Waals surface area contributed by atoms with Crippen molar-refractivity contribution >= 4 is 23.2 Å². The predicted octanol–water partition coefficient (Wildman–Crippen LogP) is 1.91. The van der Waals surface area contributed by atoms with Crippen LogP contribution in [0.5, 0.6) is 0 Å². The second kappa shape index (κ2) is 5.62. The van der Waals surface area contributed by atoms with Gasteiger partial charge >= 0.3 is 0 Å². The van der Waals surface area contributed by atoms with Crippen LogP contribution >= 0.6 is 11.6 Å². The average Bonchev–Trinajstić information content (AvgIpc) is 2.92. The first-order valence-corrected chi connectivity index (χ1v) is 6.22. The first kappa shape index (κ1) is 12.5. The lowest BCUT2D eigenvalue weighted by Crippen LogP contribution is -2.02. The Labute approximate surface area is 119 Å². The summed E-state index contributed by atoms with van der Waals surface area (Å²) in [5.41, 5.74) is 1.95. The molecule has 100 valence electrons. The summed E-state index contributed by atoms with van der Waals surface area (Å²) in [5.74, 6) is 0.405. The van der Waals surface area contributed by atoms with Gasteiger partial charge in [-0.25, -0.2) is 14.6 Å². The van der Waals surface area contributed by atoms with Crippen LogP contribution in [0.15, 0.2) is 43.0 Å². The van der Waals surface area contributed by atoms with Crippen LogP contribution in [0.4, 0.5) is 11.6 Å². The summed E-state index contributed by atoms with van der Waals surface area (Å²) in [6.07, 6.45) is 4.82. The number of halogens is 1. The molecule has 2 heterocycles. The molecule has 3 aromatic rings. The summed E-state index contributed by atoms with van der Waals surface area (Å²) in [4.78, 5) is 11.7. The van der Waals surface area contributed by atoms with Crippen LogP contribution in [0.25, 0.3) is 0 Å². The van der Waals surface area contributed by atoms with Gasteiger partial charge in [-0.05, 0) is 29.3 Å². The number of nitrogens with zero attached hydrogens (tertiary/aromatic N) is 6. The Balaban J connectivity index is 1.77. The minimum Gasteiger partial charge on any atom is -0.324 e. The summed E-state index contributed by atoms with van der Waals surface area (Å²) >= 11 is 5.72. The predicted molar refractivity (Wildman–Crippen MR) is 73.7 cm³/mol. The van der Waals surface area contributed by atoms with Crippen molar-refractivity contribution in [3.05, 3.63) is 53.8 Å². The van der Waals surface area contributed by atoms with Crippen molar-refractivity contribution in [3.63, 3.8) is 0 Å². The largest absolute Gasteiger partial charge is 0.324 e. The van der Waals surface area contributed by atoms with E-state index in [2.05, 4.69) is 30.6 Å². The average molecular weight is 288 g/mol. The van der Waals surface area contributed by atoms with E-state index < -0.39 is 0 Å². The zero-order valence-electron chi connectivity index (χ0n) is 10.3. The SMILES string of the molecule is Clc1ncnc(Nc2cccc(Cn3ccnn3)c2)n1. The molecule has 0 unspecified atom stereocenters. The van der Waals surface area contributed by atoms with Gasteiger partial charge in [0.1, 0.15) is 6.33 Å². The van der Waals surface area contributed by atoms with Crippen molar-refractivity contribution < 1.29 is 0 Å². The van der Waals surface area contributed by atoms with Gasteiger partial charge < -0.3 is 5.32 Å². The Morgan fingerprint density at radius 1 is 1.25 bits per heavy atom. The second-order valence-corrected chi connectivity index (χ2v) is 4.34. The van der Waals surface area contributed by atoms with Gasteiger partial charge in [0.15, 0.2) is 0 Å². The monoisotopic (exact) mass is 287 g/mol. The maximum absolute atomic E-state index is 5.72. The molecule has 20 heavy (non-hydrogen) atoms. The van der Waals surface area contributed by atoms with E-state index in [4.69, 9.17) is 11.6 Å². The van der Waals surface area contributed by atoms with Crippen molar-refractivity contribution in [2.45, 2.75) is 6.54 Å². The molecule has 2 aromatic heterocycles. The normalized spacial score (nSPS) is 10.4. The third-order valence-electron chi connectivity index (χ3n) is 2.54. The van der Waals surface area contributed by atoms with Gasteiger partial charge in [0.25, 0.3) is 0 Å². The van der Waals surface area contributed by atoms with E-state index in [1.807, 2.05) is 30.5 Å². The highest BCUT2D eigenvalue weighted by molar-refractivity contribution is 6.28. The van der Waals surface area contributed by atoms with Crippen LogP contribution in [0.2, 0.25) is 5.28 Å². The molecule has 0 saturated carbocycles. The van der Waals surface area contributed by atoms with E-state index in [-0.39, 0.29) is 5.28 Å². The Hall–Kier alpha value is -2.54. The van der Waals surface area contributed by atoms with E-state index in [0.29, 0.717) is 12.5 Å². The smallest absolute Gasteiger partial charge is 0.231 e. The first-order valence-electron chi connectivity index (χ1n) is 5.84. The second-order valence-electron chi connectivity index (χ2n) is 4.00. The van der Waals surface area contributed by atoms with Crippen LogP contribution in [0.1, 0.15) is 5.56 Å². The summed E-state index contributed by atoms with van der Waals surface area (Å²) < 4.78 is 1.75. The van der Waals surface area contributed by atoms with Crippen LogP contribution in [-0.2, 0) is 6.54 Å². The van der Waals surface area contributed by atoms with Gasteiger partial charge in [0, 0.05) is 11.9 Å². The molecule has 0 fully saturated rings. The highest BCUT2D eigenvalue weighted by Gasteiger charge is 2.01. The van der Waals surface area contributed by atoms with Crippen molar-refractivity contribution in [3.8, 4) is 0 Å². The molecular formula is C12H10ClN7. The van der Waals surface area contributed by atoms with E-state index in [1.165, 1.54) is 6.33 Å². The van der Waals surface area contributed by atoms with Gasteiger partial charge in [-0.15, -0.1) is 5.10 Å². The molecule has 0 spiro atoms. The lowest BCUT2D eigenvalue weighted by atomic mass is 10.2. The summed E-state index contributed by atoms with van der Waals surface area (Å²) in [6.45, 7) is 0.646. The molecular weight excluding hydrogens is 278 g/mol. The van der Waals surface area contributed by atoms with E-state index in [0.717, 1.165) is 11.3 Å². The van der Waals surface area contributed by atoms with Gasteiger partial charge in [-0.2, -0.15) is 4.98 Å². The van der Waals surface area contributed by atoms with Crippen molar-refractivity contribution in [1.29, 1.82) is 0 Å². The summed E-state index contributed by atoms with van der Waals surface area (Å²) in [6, 6.07) is 7.85. The third-order valence-corrected chi connectivity index (χ3v) is 2.72. The number of hydrogen-bond acceptors (Lipinski definition) is 6. The fraction of sp³-hybridized carbons (Fsp3) is 0.0833. The number of aromatic nitrogens is 6. The van der Waals surface area contributed by atoms with Crippen LogP contribution in [0.3, 0.4) is 0 Å². The zero-order valence-corrected chi connectivity index (χ0v) is 11.1. The number of anilines is 2. The van der Waals surface area contributed by atoms with Crippen LogP contribution in [0, 0.1) is 0 Å². The minimum atomic E-state index is 0.154. The van der Waals surface area contributed by atoms with Gasteiger partial charge in [0.2, 0.25) is 11.2 Å². The van der Waals surface area contributed by atoms with Crippen molar-refractivity contribution in [2.75, 3.05) is 5.32 Å². The summed E-state index contributed by atoms with van der Waals surface area (Å²) in [7, 11) is 0. The Morgan fingerprint density at radius 2 is 2.20 bits per heavy atom. The molecule has 0 aliphatic heterocycles. The lowest BCUT2D eigenvalue weighted by Gasteiger charge is -2.07. The molecule has 7 nitrogen and oxygen atoms in total. The molecule has 0 radical (unpaired) electrons. The first-order chi connectivity index (χ1) is 9.79. The molecule has 1 N–H and O–H groups in total. The fourth-order valence-electron chi connectivity index (χ4n) is 1.72. The molecule has 0 saturated heterocycles. The summed E-state index contributed by atoms with van der Waals surface area (Å²) in [5, 5.41) is 10.9. The quantitative estimate of drug-likeness (QED) is 0.789. The van der Waals surface area contributed by atoms with E-state index >= 15 is 0 Å². The molecule has 0 aliphatic rings. The number of nitrogens with one attached hydrogen (secondary N) is 1. The molecule has 0 amide bonds. The topological polar surface area (TPSA) is 81.4 Å². The molecule has 0 aliphatic carbocycles. The zero-order chi connectivity index (χ0) is 13.8. The molecule has 8 heteroatoms. The van der Waals surface area contributed by atoms with Crippen molar-refractivity contribution in [2.24, 2.45) is 0 Å². The Morgan fingerprint density at radius 3 is 3.00 bits per heavy atom. The maximum atomic E-state index is 5.72. The standard InChI is InChI=1S/C12H10ClN7/c13-11-14-8-15-12(18-11)17-10-3-1-2-9(6-10)7-20-5-4-16-19-20/h1-6,8H,7H2,(H,14,15,17,18). The highest BCUT2D eigenvalue weighted by Crippen LogP contribution is 2.15. The van der Waals surface area contributed by atoms with Gasteiger partial charge in [0.05, 0.1) is 12.7 Å². The highest BCUT2D eigenvalue weighted by atomic mass is 35.5. The lowest BCUT2D eigenvalue weighted by molar-refractivity contribution is 0.650. The maximum Gasteiger partial charge on any atom is 0.231 e.